The number of nitrogens with zero attached hydrogens (tertiary/aromatic N) is 5. The minimum absolute atomic E-state index is 0.143. The lowest BCUT2D eigenvalue weighted by atomic mass is 10.0. The Morgan fingerprint density at radius 3 is 2.27 bits per heavy atom. The highest BCUT2D eigenvalue weighted by Gasteiger charge is 2.22. The maximum atomic E-state index is 11.7. The van der Waals surface area contributed by atoms with Crippen molar-refractivity contribution < 1.29 is 9.53 Å². The number of anilines is 2. The second-order valence-electron chi connectivity index (χ2n) is 9.48. The Hall–Kier alpha value is -4.20. The van der Waals surface area contributed by atoms with Crippen molar-refractivity contribution in [3.05, 3.63) is 89.7 Å². The van der Waals surface area contributed by atoms with E-state index in [9.17, 15) is 4.79 Å². The summed E-state index contributed by atoms with van der Waals surface area (Å²) in [6.07, 6.45) is 2.01. The van der Waals surface area contributed by atoms with Gasteiger partial charge in [-0.15, -0.1) is 5.10 Å². The molecule has 1 saturated heterocycles. The Kier molecular flexibility index (Phi) is 7.44. The third kappa shape index (κ3) is 5.97. The second kappa shape index (κ2) is 11.2. The van der Waals surface area contributed by atoms with Gasteiger partial charge in [0, 0.05) is 56.1 Å². The first-order chi connectivity index (χ1) is 18.1. The molecule has 0 unspecified atom stereocenters. The van der Waals surface area contributed by atoms with Gasteiger partial charge in [-0.2, -0.15) is 5.10 Å². The molecule has 37 heavy (non-hydrogen) atoms. The summed E-state index contributed by atoms with van der Waals surface area (Å²) in [5.74, 6) is 1.87. The molecule has 1 amide bonds. The van der Waals surface area contributed by atoms with E-state index in [0.29, 0.717) is 6.54 Å². The Balaban J connectivity index is 1.23. The third-order valence-corrected chi connectivity index (χ3v) is 6.45. The third-order valence-electron chi connectivity index (χ3n) is 6.45. The number of hydrogen-bond acceptors (Lipinski definition) is 7. The van der Waals surface area contributed by atoms with Gasteiger partial charge in [0.2, 0.25) is 0 Å². The van der Waals surface area contributed by atoms with Crippen LogP contribution in [-0.2, 0) is 17.7 Å². The molecule has 4 aromatic rings. The van der Waals surface area contributed by atoms with Gasteiger partial charge in [0.1, 0.15) is 5.82 Å². The van der Waals surface area contributed by atoms with E-state index in [2.05, 4.69) is 78.8 Å². The normalized spacial score (nSPS) is 13.7. The van der Waals surface area contributed by atoms with Gasteiger partial charge in [-0.25, -0.2) is 9.78 Å². The van der Waals surface area contributed by atoms with Crippen LogP contribution < -0.4 is 15.1 Å². The first-order valence-electron chi connectivity index (χ1n) is 12.7. The van der Waals surface area contributed by atoms with Crippen molar-refractivity contribution in [1.29, 1.82) is 0 Å². The van der Waals surface area contributed by atoms with Crippen molar-refractivity contribution in [2.45, 2.75) is 32.9 Å². The topological polar surface area (TPSA) is 83.5 Å². The summed E-state index contributed by atoms with van der Waals surface area (Å²) >= 11 is 0. The van der Waals surface area contributed by atoms with E-state index >= 15 is 0 Å². The number of benzene rings is 2. The van der Waals surface area contributed by atoms with Crippen LogP contribution in [0.25, 0.3) is 10.8 Å². The van der Waals surface area contributed by atoms with Gasteiger partial charge >= 0.3 is 6.09 Å². The van der Waals surface area contributed by atoms with E-state index in [4.69, 9.17) is 4.74 Å². The molecular formula is C29H32N6O2. The monoisotopic (exact) mass is 496 g/mol. The van der Waals surface area contributed by atoms with Crippen LogP contribution in [0.5, 0.6) is 0 Å². The molecular weight excluding hydrogens is 464 g/mol. The Morgan fingerprint density at radius 2 is 1.57 bits per heavy atom. The number of amides is 1. The molecule has 8 nitrogen and oxygen atoms in total. The van der Waals surface area contributed by atoms with Gasteiger partial charge in [0.05, 0.1) is 11.8 Å². The summed E-state index contributed by atoms with van der Waals surface area (Å²) in [5.41, 5.74) is 3.16. The lowest BCUT2D eigenvalue weighted by Crippen LogP contribution is -2.47. The summed E-state index contributed by atoms with van der Waals surface area (Å²) in [6.45, 7) is 7.39. The average Bonchev–Trinajstić information content (AvgIpc) is 2.93. The van der Waals surface area contributed by atoms with E-state index in [1.807, 2.05) is 38.2 Å². The zero-order valence-corrected chi connectivity index (χ0v) is 21.3. The maximum absolute atomic E-state index is 11.7. The predicted molar refractivity (Wildman–Crippen MR) is 146 cm³/mol. The van der Waals surface area contributed by atoms with Crippen LogP contribution >= 0.6 is 0 Å². The van der Waals surface area contributed by atoms with Crippen molar-refractivity contribution >= 4 is 28.5 Å². The Morgan fingerprint density at radius 1 is 0.865 bits per heavy atom. The molecule has 1 fully saturated rings. The van der Waals surface area contributed by atoms with E-state index < -0.39 is 6.09 Å². The first kappa shape index (κ1) is 24.5. The van der Waals surface area contributed by atoms with Gasteiger partial charge in [-0.05, 0) is 31.0 Å². The molecule has 0 atom stereocenters. The number of aromatic nitrogens is 3. The molecule has 1 aliphatic heterocycles. The van der Waals surface area contributed by atoms with Gasteiger partial charge in [0.25, 0.3) is 0 Å². The molecule has 190 valence electrons. The quantitative estimate of drug-likeness (QED) is 0.401. The number of rotatable bonds is 7. The number of fused-ring (bicyclic) bond motifs is 1. The molecule has 0 saturated carbocycles. The lowest BCUT2D eigenvalue weighted by Gasteiger charge is -2.36. The second-order valence-corrected chi connectivity index (χ2v) is 9.48. The molecule has 8 heteroatoms. The number of hydrogen-bond donors (Lipinski definition) is 1. The zero-order valence-electron chi connectivity index (χ0n) is 21.3. The predicted octanol–water partition coefficient (Wildman–Crippen LogP) is 4.58. The summed E-state index contributed by atoms with van der Waals surface area (Å²) in [5, 5.41) is 14.4. The molecule has 5 rings (SSSR count). The van der Waals surface area contributed by atoms with Crippen molar-refractivity contribution in [2.24, 2.45) is 0 Å². The number of ether oxygens (including phenoxy) is 1. The van der Waals surface area contributed by atoms with Crippen LogP contribution in [-0.4, -0.2) is 53.6 Å². The first-order valence-corrected chi connectivity index (χ1v) is 12.7. The molecule has 1 N–H and O–H groups in total. The number of pyridine rings is 1. The summed E-state index contributed by atoms with van der Waals surface area (Å²) in [6, 6.07) is 22.8. The highest BCUT2D eigenvalue weighted by molar-refractivity contribution is 5.93. The highest BCUT2D eigenvalue weighted by atomic mass is 16.6. The van der Waals surface area contributed by atoms with Crippen LogP contribution in [0.3, 0.4) is 0 Å². The van der Waals surface area contributed by atoms with Crippen molar-refractivity contribution in [1.82, 2.24) is 20.5 Å². The van der Waals surface area contributed by atoms with Gasteiger partial charge in [0.15, 0.2) is 5.82 Å². The minimum Gasteiger partial charge on any atom is -0.447 e. The van der Waals surface area contributed by atoms with E-state index in [1.165, 1.54) is 5.56 Å². The largest absolute Gasteiger partial charge is 0.447 e. The summed E-state index contributed by atoms with van der Waals surface area (Å²) < 4.78 is 5.10. The summed E-state index contributed by atoms with van der Waals surface area (Å²) in [4.78, 5) is 20.9. The fraction of sp³-hybridized carbons (Fsp3) is 0.310. The number of alkyl carbamates (subject to hydrolysis) is 1. The van der Waals surface area contributed by atoms with Crippen LogP contribution in [0.4, 0.5) is 16.4 Å². The fourth-order valence-electron chi connectivity index (χ4n) is 4.58. The average molecular weight is 497 g/mol. The van der Waals surface area contributed by atoms with Gasteiger partial charge < -0.3 is 19.9 Å². The number of carbonyl (C=O) groups excluding carboxylic acids is 1. The van der Waals surface area contributed by atoms with Crippen LogP contribution in [0.1, 0.15) is 30.7 Å². The molecule has 1 aliphatic rings. The molecule has 0 bridgehead atoms. The van der Waals surface area contributed by atoms with E-state index in [0.717, 1.165) is 66.3 Å². The SMILES string of the molecule is CC(C)OC(=O)NCc1ccc(N2CCN(c3nnc(Cc4ccccc4)c4ccccc34)CC2)nc1. The minimum atomic E-state index is -0.418. The van der Waals surface area contributed by atoms with E-state index in [1.54, 1.807) is 0 Å². The van der Waals surface area contributed by atoms with Crippen LogP contribution in [0.15, 0.2) is 72.9 Å². The maximum Gasteiger partial charge on any atom is 0.407 e. The van der Waals surface area contributed by atoms with Crippen LogP contribution in [0.2, 0.25) is 0 Å². The van der Waals surface area contributed by atoms with Crippen molar-refractivity contribution in [3.8, 4) is 0 Å². The standard InChI is InChI=1S/C29H32N6O2/c1-21(2)37-29(36)31-20-23-12-13-27(30-19-23)34-14-16-35(17-15-34)28-25-11-7-6-10-24(25)26(32-33-28)18-22-8-4-3-5-9-22/h3-13,19,21H,14-18,20H2,1-2H3,(H,31,36). The summed E-state index contributed by atoms with van der Waals surface area (Å²) in [7, 11) is 0. The Labute approximate surface area is 217 Å². The number of carbonyl (C=O) groups is 1. The zero-order chi connectivity index (χ0) is 25.6. The lowest BCUT2D eigenvalue weighted by molar-refractivity contribution is 0.115. The van der Waals surface area contributed by atoms with Gasteiger partial charge in [-0.1, -0.05) is 60.7 Å². The van der Waals surface area contributed by atoms with Gasteiger partial charge in [-0.3, -0.25) is 0 Å². The smallest absolute Gasteiger partial charge is 0.407 e. The van der Waals surface area contributed by atoms with Crippen LogP contribution in [0, 0.1) is 0 Å². The highest BCUT2D eigenvalue weighted by Crippen LogP contribution is 2.28. The van der Waals surface area contributed by atoms with Crippen molar-refractivity contribution in [3.63, 3.8) is 0 Å². The molecule has 0 spiro atoms. The van der Waals surface area contributed by atoms with Crippen molar-refractivity contribution in [2.75, 3.05) is 36.0 Å². The fourth-order valence-corrected chi connectivity index (χ4v) is 4.58. The molecule has 0 radical (unpaired) electrons. The molecule has 0 aliphatic carbocycles. The Bertz CT molecular complexity index is 1340. The molecule has 3 heterocycles. The molecule has 2 aromatic carbocycles. The molecule has 2 aromatic heterocycles. The number of nitrogens with one attached hydrogen (secondary N) is 1. The van der Waals surface area contributed by atoms with E-state index in [-0.39, 0.29) is 6.10 Å². The number of piperazine rings is 1.